The summed E-state index contributed by atoms with van der Waals surface area (Å²) in [6.07, 6.45) is 3.81. The third-order valence-corrected chi connectivity index (χ3v) is 5.39. The second-order valence-corrected chi connectivity index (χ2v) is 7.48. The Bertz CT molecular complexity index is 1010. The van der Waals surface area contributed by atoms with Crippen LogP contribution in [-0.2, 0) is 16.6 Å². The van der Waals surface area contributed by atoms with Crippen LogP contribution in [-0.4, -0.2) is 33.1 Å². The molecule has 1 fully saturated rings. The molecule has 2 amide bonds. The molecule has 0 aliphatic carbocycles. The lowest BCUT2D eigenvalue weighted by molar-refractivity contribution is -0.122. The Hall–Kier alpha value is -3.00. The molecule has 0 spiro atoms. The molecular formula is C19H19N5O2S. The predicted molar refractivity (Wildman–Crippen MR) is 105 cm³/mol. The fourth-order valence-electron chi connectivity index (χ4n) is 3.21. The molecule has 1 aliphatic rings. The van der Waals surface area contributed by atoms with E-state index < -0.39 is 0 Å². The normalized spacial score (nSPS) is 16.7. The highest BCUT2D eigenvalue weighted by Crippen LogP contribution is 2.29. The summed E-state index contributed by atoms with van der Waals surface area (Å²) in [7, 11) is 1.84. The summed E-state index contributed by atoms with van der Waals surface area (Å²) in [5, 5.41) is 9.39. The summed E-state index contributed by atoms with van der Waals surface area (Å²) >= 11 is 1.36. The number of para-hydroxylation sites is 1. The van der Waals surface area contributed by atoms with Crippen molar-refractivity contribution < 1.29 is 9.59 Å². The van der Waals surface area contributed by atoms with E-state index >= 15 is 0 Å². The van der Waals surface area contributed by atoms with Crippen molar-refractivity contribution in [2.24, 2.45) is 13.0 Å². The number of nitrogens with zero attached hydrogens (tertiary/aromatic N) is 4. The van der Waals surface area contributed by atoms with Gasteiger partial charge in [-0.15, -0.1) is 11.3 Å². The van der Waals surface area contributed by atoms with E-state index in [1.165, 1.54) is 11.3 Å². The minimum absolute atomic E-state index is 0.0281. The number of hydrogen-bond acceptors (Lipinski definition) is 5. The van der Waals surface area contributed by atoms with Gasteiger partial charge in [-0.05, 0) is 18.6 Å². The summed E-state index contributed by atoms with van der Waals surface area (Å²) in [4.78, 5) is 31.2. The minimum Gasteiger partial charge on any atom is -0.311 e. The van der Waals surface area contributed by atoms with E-state index in [1.54, 1.807) is 15.8 Å². The fourth-order valence-corrected chi connectivity index (χ4v) is 3.93. The summed E-state index contributed by atoms with van der Waals surface area (Å²) in [6.45, 7) is 2.35. The maximum Gasteiger partial charge on any atom is 0.231 e. The number of nitrogens with one attached hydrogen (secondary N) is 1. The number of carbonyl (C=O) groups excluding carboxylic acids is 2. The van der Waals surface area contributed by atoms with Gasteiger partial charge in [0, 0.05) is 42.8 Å². The number of aromatic nitrogens is 3. The van der Waals surface area contributed by atoms with E-state index in [-0.39, 0.29) is 24.2 Å². The second-order valence-electron chi connectivity index (χ2n) is 6.62. The molecular weight excluding hydrogens is 362 g/mol. The van der Waals surface area contributed by atoms with Crippen LogP contribution in [0.5, 0.6) is 0 Å². The van der Waals surface area contributed by atoms with Crippen molar-refractivity contribution in [2.75, 3.05) is 16.8 Å². The molecule has 1 saturated heterocycles. The number of aryl methyl sites for hydroxylation is 2. The maximum atomic E-state index is 12.6. The molecule has 4 rings (SSSR count). The van der Waals surface area contributed by atoms with Gasteiger partial charge in [0.25, 0.3) is 0 Å². The van der Waals surface area contributed by atoms with Gasteiger partial charge in [-0.2, -0.15) is 5.10 Å². The van der Waals surface area contributed by atoms with Crippen LogP contribution in [0, 0.1) is 12.8 Å². The Balaban J connectivity index is 1.44. The number of amides is 2. The van der Waals surface area contributed by atoms with Crippen LogP contribution in [0.2, 0.25) is 0 Å². The third-order valence-electron chi connectivity index (χ3n) is 4.64. The Morgan fingerprint density at radius 2 is 2.15 bits per heavy atom. The molecule has 1 aromatic carbocycles. The number of rotatable bonds is 4. The zero-order valence-corrected chi connectivity index (χ0v) is 15.9. The Labute approximate surface area is 160 Å². The summed E-state index contributed by atoms with van der Waals surface area (Å²) in [5.41, 5.74) is 3.56. The smallest absolute Gasteiger partial charge is 0.231 e. The summed E-state index contributed by atoms with van der Waals surface area (Å²) < 4.78 is 1.71. The molecule has 27 heavy (non-hydrogen) atoms. The van der Waals surface area contributed by atoms with Gasteiger partial charge in [-0.1, -0.05) is 18.2 Å². The number of carbonyl (C=O) groups is 2. The van der Waals surface area contributed by atoms with Gasteiger partial charge in [0.05, 0.1) is 17.8 Å². The van der Waals surface area contributed by atoms with Crippen LogP contribution in [0.3, 0.4) is 0 Å². The molecule has 8 heteroatoms. The van der Waals surface area contributed by atoms with Gasteiger partial charge in [0.2, 0.25) is 11.8 Å². The van der Waals surface area contributed by atoms with Gasteiger partial charge in [0.15, 0.2) is 5.13 Å². The Kier molecular flexibility index (Phi) is 4.49. The van der Waals surface area contributed by atoms with Gasteiger partial charge in [0.1, 0.15) is 0 Å². The zero-order chi connectivity index (χ0) is 19.0. The average Bonchev–Trinajstić information content (AvgIpc) is 3.36. The second kappa shape index (κ2) is 6.96. The molecule has 2 aromatic heterocycles. The topological polar surface area (TPSA) is 80.1 Å². The number of hydrogen-bond donors (Lipinski definition) is 1. The molecule has 1 atom stereocenters. The first-order valence-corrected chi connectivity index (χ1v) is 9.50. The molecule has 0 saturated carbocycles. The molecule has 0 radical (unpaired) electrons. The van der Waals surface area contributed by atoms with E-state index in [4.69, 9.17) is 0 Å². The van der Waals surface area contributed by atoms with Crippen molar-refractivity contribution in [3.05, 3.63) is 47.6 Å². The third kappa shape index (κ3) is 3.48. The molecule has 3 aromatic rings. The van der Waals surface area contributed by atoms with Crippen molar-refractivity contribution in [1.82, 2.24) is 14.8 Å². The maximum absolute atomic E-state index is 12.6. The number of thiazole rings is 1. The number of benzene rings is 1. The monoisotopic (exact) mass is 381 g/mol. The van der Waals surface area contributed by atoms with Crippen LogP contribution < -0.4 is 10.2 Å². The van der Waals surface area contributed by atoms with Crippen molar-refractivity contribution >= 4 is 34.0 Å². The van der Waals surface area contributed by atoms with E-state index in [9.17, 15) is 9.59 Å². The van der Waals surface area contributed by atoms with Crippen molar-refractivity contribution in [2.45, 2.75) is 13.3 Å². The predicted octanol–water partition coefficient (Wildman–Crippen LogP) is 2.84. The van der Waals surface area contributed by atoms with Crippen molar-refractivity contribution in [1.29, 1.82) is 0 Å². The molecule has 0 bridgehead atoms. The highest BCUT2D eigenvalue weighted by Gasteiger charge is 2.35. The SMILES string of the molecule is Cc1ccccc1N1CC(C(=O)Nc2nc(-c3cnn(C)c3)cs2)CC1=O. The quantitative estimate of drug-likeness (QED) is 0.754. The molecule has 1 aliphatic heterocycles. The van der Waals surface area contributed by atoms with E-state index in [0.717, 1.165) is 22.5 Å². The van der Waals surface area contributed by atoms with Crippen LogP contribution in [0.4, 0.5) is 10.8 Å². The van der Waals surface area contributed by atoms with Crippen LogP contribution in [0.15, 0.2) is 42.0 Å². The lowest BCUT2D eigenvalue weighted by Gasteiger charge is -2.18. The molecule has 1 unspecified atom stereocenters. The van der Waals surface area contributed by atoms with Crippen LogP contribution >= 0.6 is 11.3 Å². The first kappa shape index (κ1) is 17.4. The van der Waals surface area contributed by atoms with Gasteiger partial charge in [-0.3, -0.25) is 14.3 Å². The lowest BCUT2D eigenvalue weighted by atomic mass is 10.1. The van der Waals surface area contributed by atoms with E-state index in [1.807, 2.05) is 49.8 Å². The molecule has 138 valence electrons. The largest absolute Gasteiger partial charge is 0.311 e. The summed E-state index contributed by atoms with van der Waals surface area (Å²) in [5.74, 6) is -0.589. The minimum atomic E-state index is -0.386. The van der Waals surface area contributed by atoms with Crippen molar-refractivity contribution in [3.63, 3.8) is 0 Å². The average molecular weight is 381 g/mol. The summed E-state index contributed by atoms with van der Waals surface area (Å²) in [6, 6.07) is 7.71. The van der Waals surface area contributed by atoms with Crippen LogP contribution in [0.25, 0.3) is 11.3 Å². The standard InChI is InChI=1S/C19H19N5O2S/c1-12-5-3-4-6-16(12)24-10-13(7-17(24)25)18(26)22-19-21-15(11-27-19)14-8-20-23(2)9-14/h3-6,8-9,11,13H,7,10H2,1-2H3,(H,21,22,26). The van der Waals surface area contributed by atoms with E-state index in [2.05, 4.69) is 15.4 Å². The van der Waals surface area contributed by atoms with Gasteiger partial charge in [-0.25, -0.2) is 4.98 Å². The Morgan fingerprint density at radius 3 is 2.89 bits per heavy atom. The number of anilines is 2. The fraction of sp³-hybridized carbons (Fsp3) is 0.263. The van der Waals surface area contributed by atoms with Gasteiger partial charge < -0.3 is 10.2 Å². The molecule has 1 N–H and O–H groups in total. The lowest BCUT2D eigenvalue weighted by Crippen LogP contribution is -2.28. The first-order chi connectivity index (χ1) is 13.0. The van der Waals surface area contributed by atoms with E-state index in [0.29, 0.717) is 11.7 Å². The highest BCUT2D eigenvalue weighted by molar-refractivity contribution is 7.14. The molecule has 7 nitrogen and oxygen atoms in total. The van der Waals surface area contributed by atoms with Crippen molar-refractivity contribution in [3.8, 4) is 11.3 Å². The molecule has 3 heterocycles. The highest BCUT2D eigenvalue weighted by atomic mass is 32.1. The van der Waals surface area contributed by atoms with Crippen LogP contribution in [0.1, 0.15) is 12.0 Å². The Morgan fingerprint density at radius 1 is 1.33 bits per heavy atom. The zero-order valence-electron chi connectivity index (χ0n) is 15.0. The first-order valence-electron chi connectivity index (χ1n) is 8.62. The van der Waals surface area contributed by atoms with Gasteiger partial charge >= 0.3 is 0 Å².